The van der Waals surface area contributed by atoms with Gasteiger partial charge in [0.25, 0.3) is 0 Å². The zero-order chi connectivity index (χ0) is 18.7. The summed E-state index contributed by atoms with van der Waals surface area (Å²) in [7, 11) is 0. The van der Waals surface area contributed by atoms with Gasteiger partial charge in [0.2, 0.25) is 11.8 Å². The lowest BCUT2D eigenvalue weighted by Gasteiger charge is -2.29. The van der Waals surface area contributed by atoms with E-state index in [0.717, 1.165) is 25.7 Å². The van der Waals surface area contributed by atoms with Crippen molar-refractivity contribution < 1.29 is 19.1 Å². The molecule has 0 aromatic heterocycles. The van der Waals surface area contributed by atoms with Crippen molar-refractivity contribution in [2.24, 2.45) is 5.92 Å². The predicted molar refractivity (Wildman–Crippen MR) is 96.8 cm³/mol. The molecule has 6 nitrogen and oxygen atoms in total. The first kappa shape index (κ1) is 21.2. The molecule has 142 valence electrons. The highest BCUT2D eigenvalue weighted by Crippen LogP contribution is 2.23. The van der Waals surface area contributed by atoms with E-state index in [9.17, 15) is 14.4 Å². The first-order valence-electron chi connectivity index (χ1n) is 9.20. The number of carbonyl (C=O) groups excluding carboxylic acids is 3. The molecule has 0 aliphatic heterocycles. The van der Waals surface area contributed by atoms with Crippen LogP contribution in [0.3, 0.4) is 0 Å². The van der Waals surface area contributed by atoms with Crippen LogP contribution in [0, 0.1) is 5.92 Å². The van der Waals surface area contributed by atoms with Crippen molar-refractivity contribution in [3.8, 4) is 0 Å². The summed E-state index contributed by atoms with van der Waals surface area (Å²) in [6.45, 7) is 7.98. The molecule has 2 amide bonds. The van der Waals surface area contributed by atoms with Crippen molar-refractivity contribution in [1.82, 2.24) is 10.6 Å². The Morgan fingerprint density at radius 2 is 1.68 bits per heavy atom. The number of amides is 2. The average molecular weight is 352 g/mol. The first-order valence-corrected chi connectivity index (χ1v) is 9.20. The van der Waals surface area contributed by atoms with Crippen LogP contribution in [0.5, 0.6) is 0 Å². The average Bonchev–Trinajstić information content (AvgIpc) is 2.53. The molecular formula is C19H32N2O4. The third-order valence-corrected chi connectivity index (χ3v) is 4.41. The second-order valence-electron chi connectivity index (χ2n) is 6.95. The van der Waals surface area contributed by atoms with Gasteiger partial charge in [0.1, 0.15) is 5.78 Å². The van der Waals surface area contributed by atoms with Crippen LogP contribution in [-0.2, 0) is 19.1 Å². The molecule has 0 heterocycles. The molecule has 0 unspecified atom stereocenters. The molecule has 0 atom stereocenters. The molecule has 0 aromatic carbocycles. The van der Waals surface area contributed by atoms with Crippen molar-refractivity contribution in [1.29, 1.82) is 0 Å². The lowest BCUT2D eigenvalue weighted by Crippen LogP contribution is -2.39. The summed E-state index contributed by atoms with van der Waals surface area (Å²) in [6.07, 6.45) is 5.74. The molecule has 6 heteroatoms. The van der Waals surface area contributed by atoms with Crippen LogP contribution in [0.2, 0.25) is 0 Å². The van der Waals surface area contributed by atoms with Gasteiger partial charge in [-0.1, -0.05) is 6.58 Å². The van der Waals surface area contributed by atoms with Gasteiger partial charge < -0.3 is 20.2 Å². The van der Waals surface area contributed by atoms with Crippen molar-refractivity contribution in [3.63, 3.8) is 0 Å². The Bertz CT molecular complexity index is 468. The molecule has 25 heavy (non-hydrogen) atoms. The van der Waals surface area contributed by atoms with Gasteiger partial charge in [-0.2, -0.15) is 0 Å². The SMILES string of the molecule is C=C(C)OCCC(=O)NC[C@H]1CC[C@H](NC(=O)CCCC(C)=O)CC1. The van der Waals surface area contributed by atoms with Gasteiger partial charge in [-0.05, 0) is 51.9 Å². The van der Waals surface area contributed by atoms with E-state index in [1.54, 1.807) is 13.8 Å². The van der Waals surface area contributed by atoms with E-state index in [2.05, 4.69) is 17.2 Å². The van der Waals surface area contributed by atoms with E-state index in [1.165, 1.54) is 0 Å². The van der Waals surface area contributed by atoms with Gasteiger partial charge in [-0.3, -0.25) is 9.59 Å². The number of hydrogen-bond donors (Lipinski definition) is 2. The summed E-state index contributed by atoms with van der Waals surface area (Å²) in [6, 6.07) is 0.223. The van der Waals surface area contributed by atoms with Gasteiger partial charge in [-0.15, -0.1) is 0 Å². The molecular weight excluding hydrogens is 320 g/mol. The number of ketones is 1. The zero-order valence-corrected chi connectivity index (χ0v) is 15.6. The van der Waals surface area contributed by atoms with E-state index in [0.29, 0.717) is 50.5 Å². The van der Waals surface area contributed by atoms with Gasteiger partial charge in [-0.25, -0.2) is 0 Å². The minimum Gasteiger partial charge on any atom is -0.498 e. The number of allylic oxidation sites excluding steroid dienone is 1. The monoisotopic (exact) mass is 352 g/mol. The third-order valence-electron chi connectivity index (χ3n) is 4.41. The largest absolute Gasteiger partial charge is 0.498 e. The van der Waals surface area contributed by atoms with Crippen molar-refractivity contribution in [2.75, 3.05) is 13.2 Å². The topological polar surface area (TPSA) is 84.5 Å². The minimum absolute atomic E-state index is 0.00199. The molecule has 1 rings (SSSR count). The number of Topliss-reactive ketones (excluding diaryl/α,β-unsaturated/α-hetero) is 1. The van der Waals surface area contributed by atoms with Gasteiger partial charge in [0.05, 0.1) is 18.8 Å². The molecule has 0 aromatic rings. The minimum atomic E-state index is 0.00199. The summed E-state index contributed by atoms with van der Waals surface area (Å²) >= 11 is 0. The summed E-state index contributed by atoms with van der Waals surface area (Å²) in [4.78, 5) is 34.4. The Balaban J connectivity index is 2.10. The second kappa shape index (κ2) is 11.7. The fourth-order valence-electron chi connectivity index (χ4n) is 2.97. The van der Waals surface area contributed by atoms with Crippen LogP contribution >= 0.6 is 0 Å². The standard InChI is InChI=1S/C19H32N2O4/c1-14(2)25-12-11-18(23)20-13-16-7-9-17(10-8-16)21-19(24)6-4-5-15(3)22/h16-17H,1,4-13H2,2-3H3,(H,20,23)(H,21,24)/t16-,17-. The number of hydrogen-bond acceptors (Lipinski definition) is 4. The maximum Gasteiger partial charge on any atom is 0.223 e. The lowest BCUT2D eigenvalue weighted by molar-refractivity contribution is -0.122. The molecule has 1 aliphatic rings. The quantitative estimate of drug-likeness (QED) is 0.560. The number of carbonyl (C=O) groups is 3. The Kier molecular flexibility index (Phi) is 9.88. The van der Waals surface area contributed by atoms with Crippen molar-refractivity contribution >= 4 is 17.6 Å². The molecule has 1 aliphatic carbocycles. The molecule has 0 spiro atoms. The smallest absolute Gasteiger partial charge is 0.223 e. The molecule has 2 N–H and O–H groups in total. The van der Waals surface area contributed by atoms with Crippen LogP contribution in [0.25, 0.3) is 0 Å². The maximum atomic E-state index is 11.8. The summed E-state index contributed by atoms with van der Waals surface area (Å²) in [5, 5.41) is 6.01. The highest BCUT2D eigenvalue weighted by molar-refractivity contribution is 5.78. The molecule has 0 saturated heterocycles. The van der Waals surface area contributed by atoms with Crippen LogP contribution in [0.15, 0.2) is 12.3 Å². The third kappa shape index (κ3) is 10.6. The first-order chi connectivity index (χ1) is 11.9. The Labute approximate surface area is 150 Å². The Hall–Kier alpha value is -1.85. The second-order valence-corrected chi connectivity index (χ2v) is 6.95. The Morgan fingerprint density at radius 1 is 1.00 bits per heavy atom. The summed E-state index contributed by atoms with van der Waals surface area (Å²) < 4.78 is 5.18. The number of rotatable bonds is 11. The lowest BCUT2D eigenvalue weighted by atomic mass is 9.86. The maximum absolute atomic E-state index is 11.8. The van der Waals surface area contributed by atoms with Crippen LogP contribution < -0.4 is 10.6 Å². The van der Waals surface area contributed by atoms with E-state index in [4.69, 9.17) is 4.74 Å². The van der Waals surface area contributed by atoms with Gasteiger partial charge in [0.15, 0.2) is 0 Å². The fraction of sp³-hybridized carbons (Fsp3) is 0.737. The van der Waals surface area contributed by atoms with Gasteiger partial charge in [0, 0.05) is 25.4 Å². The van der Waals surface area contributed by atoms with E-state index in [-0.39, 0.29) is 23.6 Å². The van der Waals surface area contributed by atoms with Crippen LogP contribution in [0.1, 0.15) is 65.2 Å². The zero-order valence-electron chi connectivity index (χ0n) is 15.6. The molecule has 0 bridgehead atoms. The van der Waals surface area contributed by atoms with Gasteiger partial charge >= 0.3 is 0 Å². The van der Waals surface area contributed by atoms with Crippen LogP contribution in [0.4, 0.5) is 0 Å². The highest BCUT2D eigenvalue weighted by Gasteiger charge is 2.22. The van der Waals surface area contributed by atoms with Crippen molar-refractivity contribution in [3.05, 3.63) is 12.3 Å². The molecule has 1 fully saturated rings. The predicted octanol–water partition coefficient (Wildman–Crippen LogP) is 2.48. The summed E-state index contributed by atoms with van der Waals surface area (Å²) in [5.41, 5.74) is 0. The number of ether oxygens (including phenoxy) is 1. The Morgan fingerprint density at radius 3 is 2.28 bits per heavy atom. The van der Waals surface area contributed by atoms with Crippen molar-refractivity contribution in [2.45, 2.75) is 71.3 Å². The highest BCUT2D eigenvalue weighted by atomic mass is 16.5. The van der Waals surface area contributed by atoms with Crippen LogP contribution in [-0.4, -0.2) is 36.8 Å². The van der Waals surface area contributed by atoms with E-state index in [1.807, 2.05) is 0 Å². The fourth-order valence-corrected chi connectivity index (χ4v) is 2.97. The number of nitrogens with one attached hydrogen (secondary N) is 2. The summed E-state index contributed by atoms with van der Waals surface area (Å²) in [5.74, 6) is 1.26. The normalized spacial score (nSPS) is 19.8. The molecule has 0 radical (unpaired) electrons. The van der Waals surface area contributed by atoms with E-state index >= 15 is 0 Å². The molecule has 1 saturated carbocycles. The van der Waals surface area contributed by atoms with E-state index < -0.39 is 0 Å².